The molecule has 0 aliphatic heterocycles. The highest BCUT2D eigenvalue weighted by atomic mass is 35.5. The van der Waals surface area contributed by atoms with Crippen molar-refractivity contribution in [3.8, 4) is 10.6 Å². The van der Waals surface area contributed by atoms with Crippen molar-refractivity contribution in [2.24, 2.45) is 0 Å². The summed E-state index contributed by atoms with van der Waals surface area (Å²) in [4.78, 5) is 29.2. The number of halogens is 1. The molecule has 0 atom stereocenters. The Hall–Kier alpha value is -2.29. The van der Waals surface area contributed by atoms with Crippen LogP contribution in [-0.2, 0) is 6.42 Å². The molecule has 2 heterocycles. The molecule has 0 saturated carbocycles. The number of hydrogen-bond donors (Lipinski definition) is 1. The van der Waals surface area contributed by atoms with Crippen LogP contribution in [0.15, 0.2) is 35.7 Å². The van der Waals surface area contributed by atoms with Crippen LogP contribution in [0.2, 0.25) is 5.02 Å². The van der Waals surface area contributed by atoms with Crippen LogP contribution in [0.4, 0.5) is 5.69 Å². The molecule has 1 N–H and O–H groups in total. The van der Waals surface area contributed by atoms with Crippen LogP contribution in [0.5, 0.6) is 0 Å². The second kappa shape index (κ2) is 7.94. The summed E-state index contributed by atoms with van der Waals surface area (Å²) in [5.41, 5.74) is 0.905. The van der Waals surface area contributed by atoms with Gasteiger partial charge >= 0.3 is 0 Å². The maximum Gasteiger partial charge on any atom is 0.270 e. The van der Waals surface area contributed by atoms with E-state index in [4.69, 9.17) is 11.6 Å². The Kier molecular flexibility index (Phi) is 5.65. The van der Waals surface area contributed by atoms with Crippen LogP contribution < -0.4 is 5.32 Å². The highest BCUT2D eigenvalue weighted by Gasteiger charge is 2.15. The molecule has 9 heteroatoms. The fourth-order valence-electron chi connectivity index (χ4n) is 2.32. The molecule has 26 heavy (non-hydrogen) atoms. The molecule has 134 valence electrons. The molecule has 2 aromatic heterocycles. The predicted octanol–water partition coefficient (Wildman–Crippen LogP) is 4.71. The fourth-order valence-corrected chi connectivity index (χ4v) is 4.18. The highest BCUT2D eigenvalue weighted by Crippen LogP contribution is 2.29. The number of non-ortho nitro benzene ring substituents is 1. The number of nitrogens with one attached hydrogen (secondary N) is 1. The number of hydrogen-bond acceptors (Lipinski definition) is 6. The summed E-state index contributed by atoms with van der Waals surface area (Å²) in [5.74, 6) is -0.425. The van der Waals surface area contributed by atoms with Gasteiger partial charge in [-0.05, 0) is 31.5 Å². The molecule has 0 aliphatic rings. The summed E-state index contributed by atoms with van der Waals surface area (Å²) >= 11 is 9.22. The van der Waals surface area contributed by atoms with Gasteiger partial charge in [0.2, 0.25) is 0 Å². The minimum atomic E-state index is -0.555. The first-order valence-electron chi connectivity index (χ1n) is 7.67. The topological polar surface area (TPSA) is 85.1 Å². The number of aryl methyl sites for hydroxylation is 1. The molecule has 0 saturated heterocycles. The molecule has 1 amide bonds. The van der Waals surface area contributed by atoms with Gasteiger partial charge < -0.3 is 5.32 Å². The molecular weight excluding hydrogens is 394 g/mol. The fraction of sp³-hybridized carbons (Fsp3) is 0.176. The summed E-state index contributed by atoms with van der Waals surface area (Å²) in [6.45, 7) is 2.38. The van der Waals surface area contributed by atoms with Crippen molar-refractivity contribution < 1.29 is 9.72 Å². The van der Waals surface area contributed by atoms with E-state index >= 15 is 0 Å². The van der Waals surface area contributed by atoms with Gasteiger partial charge in [0.25, 0.3) is 11.6 Å². The lowest BCUT2D eigenvalue weighted by molar-refractivity contribution is -0.384. The quantitative estimate of drug-likeness (QED) is 0.473. The number of rotatable bonds is 6. The third-order valence-electron chi connectivity index (χ3n) is 3.60. The number of carbonyl (C=O) groups excluding carboxylic acids is 1. The highest BCUT2D eigenvalue weighted by molar-refractivity contribution is 7.16. The summed E-state index contributed by atoms with van der Waals surface area (Å²) in [5, 5.41) is 16.8. The van der Waals surface area contributed by atoms with Crippen molar-refractivity contribution in [2.45, 2.75) is 13.3 Å². The van der Waals surface area contributed by atoms with Crippen molar-refractivity contribution in [3.63, 3.8) is 0 Å². The molecule has 0 bridgehead atoms. The maximum atomic E-state index is 12.2. The van der Waals surface area contributed by atoms with E-state index in [-0.39, 0.29) is 16.3 Å². The first-order valence-corrected chi connectivity index (χ1v) is 9.75. The summed E-state index contributed by atoms with van der Waals surface area (Å²) in [6, 6.07) is 7.85. The van der Waals surface area contributed by atoms with E-state index in [0.29, 0.717) is 13.0 Å². The van der Waals surface area contributed by atoms with Gasteiger partial charge in [0.05, 0.1) is 31.1 Å². The molecule has 1 aromatic carbocycles. The molecule has 3 aromatic rings. The minimum absolute atomic E-state index is 0.102. The van der Waals surface area contributed by atoms with E-state index < -0.39 is 10.8 Å². The van der Waals surface area contributed by atoms with Crippen LogP contribution in [-0.4, -0.2) is 22.4 Å². The van der Waals surface area contributed by atoms with E-state index in [1.165, 1.54) is 18.2 Å². The molecule has 0 radical (unpaired) electrons. The van der Waals surface area contributed by atoms with E-state index in [2.05, 4.69) is 10.3 Å². The molecular formula is C17H14ClN3O3S2. The normalized spacial score (nSPS) is 10.7. The van der Waals surface area contributed by atoms with Gasteiger partial charge in [-0.3, -0.25) is 14.9 Å². The number of amides is 1. The number of nitro groups is 1. The summed E-state index contributed by atoms with van der Waals surface area (Å²) in [7, 11) is 0. The van der Waals surface area contributed by atoms with Crippen molar-refractivity contribution in [3.05, 3.63) is 66.3 Å². The molecule has 3 rings (SSSR count). The lowest BCUT2D eigenvalue weighted by Gasteiger charge is -2.06. The Balaban J connectivity index is 1.60. The Morgan fingerprint density at radius 1 is 1.35 bits per heavy atom. The zero-order valence-corrected chi connectivity index (χ0v) is 16.1. The number of nitro benzene ring substituents is 1. The van der Waals surface area contributed by atoms with E-state index in [0.717, 1.165) is 20.5 Å². The van der Waals surface area contributed by atoms with Gasteiger partial charge in [0.15, 0.2) is 0 Å². The van der Waals surface area contributed by atoms with Crippen LogP contribution in [0.25, 0.3) is 10.6 Å². The van der Waals surface area contributed by atoms with Crippen LogP contribution in [0, 0.1) is 17.0 Å². The van der Waals surface area contributed by atoms with Crippen LogP contribution >= 0.6 is 34.3 Å². The zero-order chi connectivity index (χ0) is 18.7. The molecule has 0 spiro atoms. The van der Waals surface area contributed by atoms with Crippen molar-refractivity contribution in [1.29, 1.82) is 0 Å². The molecule has 6 nitrogen and oxygen atoms in total. The summed E-state index contributed by atoms with van der Waals surface area (Å²) in [6.07, 6.45) is 0.659. The Morgan fingerprint density at radius 2 is 2.15 bits per heavy atom. The predicted molar refractivity (Wildman–Crippen MR) is 104 cm³/mol. The standard InChI is InChI=1S/C17H14ClN3O3S2/c1-10-20-15(9-25-10)16-5-3-12(26-16)6-7-19-17(22)13-8-11(21(23)24)2-4-14(13)18/h2-5,8-9H,6-7H2,1H3,(H,19,22). The second-order valence-electron chi connectivity index (χ2n) is 5.44. The number of nitrogens with zero attached hydrogens (tertiary/aromatic N) is 2. The number of aromatic nitrogens is 1. The summed E-state index contributed by atoms with van der Waals surface area (Å²) < 4.78 is 0. The Labute approximate surface area is 162 Å². The SMILES string of the molecule is Cc1nc(-c2ccc(CCNC(=O)c3cc([N+](=O)[O-])ccc3Cl)s2)cs1. The second-order valence-corrected chi connectivity index (χ2v) is 8.08. The van der Waals surface area contributed by atoms with Gasteiger partial charge in [-0.25, -0.2) is 4.98 Å². The Morgan fingerprint density at radius 3 is 2.85 bits per heavy atom. The molecule has 0 fully saturated rings. The Bertz CT molecular complexity index is 968. The number of thiophene rings is 1. The first kappa shape index (κ1) is 18.5. The van der Waals surface area contributed by atoms with Gasteiger partial charge in [-0.15, -0.1) is 22.7 Å². The van der Waals surface area contributed by atoms with Gasteiger partial charge in [-0.2, -0.15) is 0 Å². The maximum absolute atomic E-state index is 12.2. The van der Waals surface area contributed by atoms with Gasteiger partial charge in [0, 0.05) is 28.9 Å². The van der Waals surface area contributed by atoms with Crippen LogP contribution in [0.1, 0.15) is 20.2 Å². The first-order chi connectivity index (χ1) is 12.4. The average molecular weight is 408 g/mol. The van der Waals surface area contributed by atoms with Crippen molar-refractivity contribution in [2.75, 3.05) is 6.54 Å². The van der Waals surface area contributed by atoms with Gasteiger partial charge in [-0.1, -0.05) is 11.6 Å². The van der Waals surface area contributed by atoms with Crippen molar-refractivity contribution >= 4 is 45.9 Å². The van der Waals surface area contributed by atoms with Crippen LogP contribution in [0.3, 0.4) is 0 Å². The smallest absolute Gasteiger partial charge is 0.270 e. The number of benzene rings is 1. The molecule has 0 aliphatic carbocycles. The third kappa shape index (κ3) is 4.27. The monoisotopic (exact) mass is 407 g/mol. The number of carbonyl (C=O) groups is 1. The lowest BCUT2D eigenvalue weighted by Crippen LogP contribution is -2.25. The largest absolute Gasteiger partial charge is 0.352 e. The third-order valence-corrected chi connectivity index (χ3v) is 5.87. The lowest BCUT2D eigenvalue weighted by atomic mass is 10.2. The number of thiazole rings is 1. The zero-order valence-electron chi connectivity index (χ0n) is 13.7. The van der Waals surface area contributed by atoms with Gasteiger partial charge in [0.1, 0.15) is 0 Å². The van der Waals surface area contributed by atoms with E-state index in [1.807, 2.05) is 24.4 Å². The van der Waals surface area contributed by atoms with Crippen molar-refractivity contribution in [1.82, 2.24) is 10.3 Å². The molecule has 0 unspecified atom stereocenters. The van der Waals surface area contributed by atoms with E-state index in [1.54, 1.807) is 22.7 Å². The minimum Gasteiger partial charge on any atom is -0.352 e. The average Bonchev–Trinajstić information content (AvgIpc) is 3.23. The van der Waals surface area contributed by atoms with E-state index in [9.17, 15) is 14.9 Å².